The lowest BCUT2D eigenvalue weighted by Crippen LogP contribution is -2.38. The Labute approximate surface area is 149 Å². The van der Waals surface area contributed by atoms with Crippen molar-refractivity contribution in [2.75, 3.05) is 22.4 Å². The average molecular weight is 386 g/mol. The summed E-state index contributed by atoms with van der Waals surface area (Å²) in [7, 11) is -3.82. The van der Waals surface area contributed by atoms with E-state index in [0.29, 0.717) is 17.3 Å². The highest BCUT2D eigenvalue weighted by atomic mass is 32.2. The number of carbonyl (C=O) groups is 1. The number of nitrogens with one attached hydrogen (secondary N) is 1. The molecule has 0 atom stereocenters. The lowest BCUT2D eigenvalue weighted by Gasteiger charge is -2.24. The third kappa shape index (κ3) is 4.34. The van der Waals surface area contributed by atoms with Gasteiger partial charge in [0.05, 0.1) is 17.6 Å². The van der Waals surface area contributed by atoms with Crippen molar-refractivity contribution in [1.29, 1.82) is 0 Å². The van der Waals surface area contributed by atoms with Crippen LogP contribution in [-0.4, -0.2) is 27.1 Å². The van der Waals surface area contributed by atoms with Crippen LogP contribution in [0.1, 0.15) is 11.1 Å². The number of hydrogen-bond acceptors (Lipinski definition) is 3. The monoisotopic (exact) mass is 386 g/mol. The first kappa shape index (κ1) is 19.8. The molecule has 26 heavy (non-hydrogen) atoms. The fourth-order valence-electron chi connectivity index (χ4n) is 2.31. The van der Waals surface area contributed by atoms with Crippen molar-refractivity contribution in [1.82, 2.24) is 0 Å². The molecule has 0 saturated heterocycles. The van der Waals surface area contributed by atoms with Crippen molar-refractivity contribution in [2.24, 2.45) is 0 Å². The predicted molar refractivity (Wildman–Crippen MR) is 93.1 cm³/mol. The molecule has 1 N–H and O–H groups in total. The Morgan fingerprint density at radius 1 is 1.08 bits per heavy atom. The van der Waals surface area contributed by atoms with E-state index in [1.54, 1.807) is 32.0 Å². The molecule has 2 aromatic rings. The summed E-state index contributed by atoms with van der Waals surface area (Å²) in [6.45, 7) is 2.79. The van der Waals surface area contributed by atoms with Crippen molar-refractivity contribution in [3.05, 3.63) is 58.9 Å². The Morgan fingerprint density at radius 2 is 1.73 bits per heavy atom. The van der Waals surface area contributed by atoms with Crippen molar-refractivity contribution in [2.45, 2.75) is 13.8 Å². The number of benzene rings is 2. The summed E-state index contributed by atoms with van der Waals surface area (Å²) >= 11 is 0. The summed E-state index contributed by atoms with van der Waals surface area (Å²) in [5, 5.41) is 2.06. The van der Waals surface area contributed by atoms with Crippen LogP contribution >= 0.6 is 0 Å². The summed E-state index contributed by atoms with van der Waals surface area (Å²) < 4.78 is 65.0. The Kier molecular flexibility index (Phi) is 5.60. The minimum atomic E-state index is -3.82. The normalized spacial score (nSPS) is 11.3. The lowest BCUT2D eigenvalue weighted by molar-refractivity contribution is -0.114. The maximum atomic E-state index is 13.7. The summed E-state index contributed by atoms with van der Waals surface area (Å²) in [5.41, 5.74) is 1.12. The highest BCUT2D eigenvalue weighted by Gasteiger charge is 2.23. The summed E-state index contributed by atoms with van der Waals surface area (Å²) in [6, 6.07) is 6.61. The molecule has 0 radical (unpaired) electrons. The van der Waals surface area contributed by atoms with Gasteiger partial charge in [-0.15, -0.1) is 0 Å². The third-order valence-corrected chi connectivity index (χ3v) is 4.76. The molecule has 0 saturated carbocycles. The second-order valence-electron chi connectivity index (χ2n) is 5.83. The zero-order chi connectivity index (χ0) is 19.6. The van der Waals surface area contributed by atoms with Gasteiger partial charge in [0.15, 0.2) is 17.5 Å². The summed E-state index contributed by atoms with van der Waals surface area (Å²) in [6.07, 6.45) is 0.931. The van der Waals surface area contributed by atoms with Crippen LogP contribution < -0.4 is 9.62 Å². The van der Waals surface area contributed by atoms with Crippen molar-refractivity contribution in [3.8, 4) is 0 Å². The van der Waals surface area contributed by atoms with E-state index >= 15 is 0 Å². The van der Waals surface area contributed by atoms with Crippen LogP contribution in [0.4, 0.5) is 24.5 Å². The minimum absolute atomic E-state index is 0.299. The molecule has 0 unspecified atom stereocenters. The van der Waals surface area contributed by atoms with Gasteiger partial charge in [0, 0.05) is 0 Å². The first-order valence-electron chi connectivity index (χ1n) is 7.49. The van der Waals surface area contributed by atoms with Crippen LogP contribution in [0, 0.1) is 31.3 Å². The standard InChI is InChI=1S/C17H17F3N2O3S/c1-10-4-5-11(2)14(8-10)22(26(3,24)25)9-15(23)21-13-7-6-12(18)16(19)17(13)20/h4-8H,9H2,1-3H3,(H,21,23). The number of sulfonamides is 1. The number of halogens is 3. The van der Waals surface area contributed by atoms with E-state index < -0.39 is 45.6 Å². The molecule has 0 heterocycles. The van der Waals surface area contributed by atoms with Gasteiger partial charge in [0.2, 0.25) is 15.9 Å². The molecule has 0 bridgehead atoms. The Hall–Kier alpha value is -2.55. The van der Waals surface area contributed by atoms with E-state index in [-0.39, 0.29) is 0 Å². The van der Waals surface area contributed by atoms with Gasteiger partial charge >= 0.3 is 0 Å². The molecular formula is C17H17F3N2O3S. The first-order valence-corrected chi connectivity index (χ1v) is 9.34. The van der Waals surface area contributed by atoms with Gasteiger partial charge in [-0.1, -0.05) is 12.1 Å². The Bertz CT molecular complexity index is 962. The number of aryl methyl sites for hydroxylation is 2. The maximum Gasteiger partial charge on any atom is 0.245 e. The lowest BCUT2D eigenvalue weighted by atomic mass is 10.1. The minimum Gasteiger partial charge on any atom is -0.322 e. The largest absolute Gasteiger partial charge is 0.322 e. The topological polar surface area (TPSA) is 66.5 Å². The zero-order valence-electron chi connectivity index (χ0n) is 14.3. The molecule has 0 aliphatic rings. The van der Waals surface area contributed by atoms with E-state index in [4.69, 9.17) is 0 Å². The van der Waals surface area contributed by atoms with Crippen molar-refractivity contribution >= 4 is 27.3 Å². The number of hydrogen-bond donors (Lipinski definition) is 1. The van der Waals surface area contributed by atoms with Gasteiger partial charge in [-0.3, -0.25) is 9.10 Å². The Morgan fingerprint density at radius 3 is 2.35 bits per heavy atom. The fraction of sp³-hybridized carbons (Fsp3) is 0.235. The van der Waals surface area contributed by atoms with Crippen LogP contribution in [0.3, 0.4) is 0 Å². The van der Waals surface area contributed by atoms with E-state index in [0.717, 1.165) is 22.2 Å². The first-order chi connectivity index (χ1) is 12.0. The van der Waals surface area contributed by atoms with Gasteiger partial charge in [0.25, 0.3) is 0 Å². The zero-order valence-corrected chi connectivity index (χ0v) is 15.1. The number of rotatable bonds is 5. The number of anilines is 2. The molecule has 140 valence electrons. The van der Waals surface area contributed by atoms with Gasteiger partial charge in [0.1, 0.15) is 6.54 Å². The fourth-order valence-corrected chi connectivity index (χ4v) is 3.22. The second kappa shape index (κ2) is 7.36. The van der Waals surface area contributed by atoms with Gasteiger partial charge < -0.3 is 5.32 Å². The van der Waals surface area contributed by atoms with Crippen LogP contribution in [0.5, 0.6) is 0 Å². The SMILES string of the molecule is Cc1ccc(C)c(N(CC(=O)Nc2ccc(F)c(F)c2F)S(C)(=O)=O)c1. The van der Waals surface area contributed by atoms with Crippen molar-refractivity contribution < 1.29 is 26.4 Å². The summed E-state index contributed by atoms with van der Waals surface area (Å²) in [4.78, 5) is 12.2. The quantitative estimate of drug-likeness (QED) is 0.803. The smallest absolute Gasteiger partial charge is 0.245 e. The molecule has 5 nitrogen and oxygen atoms in total. The average Bonchev–Trinajstić information content (AvgIpc) is 2.54. The highest BCUT2D eigenvalue weighted by Crippen LogP contribution is 2.24. The van der Waals surface area contributed by atoms with Gasteiger partial charge in [-0.2, -0.15) is 0 Å². The third-order valence-electron chi connectivity index (χ3n) is 3.63. The van der Waals surface area contributed by atoms with Crippen LogP contribution in [0.15, 0.2) is 30.3 Å². The van der Waals surface area contributed by atoms with Crippen LogP contribution in [-0.2, 0) is 14.8 Å². The van der Waals surface area contributed by atoms with E-state index in [2.05, 4.69) is 5.32 Å². The molecule has 0 aliphatic carbocycles. The molecular weight excluding hydrogens is 369 g/mol. The molecule has 1 amide bonds. The molecule has 2 rings (SSSR count). The Balaban J connectivity index is 2.31. The van der Waals surface area contributed by atoms with Crippen LogP contribution in [0.2, 0.25) is 0 Å². The number of nitrogens with zero attached hydrogens (tertiary/aromatic N) is 1. The molecule has 0 aromatic heterocycles. The maximum absolute atomic E-state index is 13.7. The highest BCUT2D eigenvalue weighted by molar-refractivity contribution is 7.92. The molecule has 9 heteroatoms. The van der Waals surface area contributed by atoms with Crippen LogP contribution in [0.25, 0.3) is 0 Å². The number of carbonyl (C=O) groups excluding carboxylic acids is 1. The molecule has 0 spiro atoms. The van der Waals surface area contributed by atoms with Gasteiger partial charge in [-0.25, -0.2) is 21.6 Å². The molecule has 0 aliphatic heterocycles. The summed E-state index contributed by atoms with van der Waals surface area (Å²) in [5.74, 6) is -5.58. The molecule has 2 aromatic carbocycles. The van der Waals surface area contributed by atoms with Gasteiger partial charge in [-0.05, 0) is 43.2 Å². The van der Waals surface area contributed by atoms with E-state index in [1.165, 1.54) is 0 Å². The molecule has 0 fully saturated rings. The van der Waals surface area contributed by atoms with E-state index in [1.807, 2.05) is 0 Å². The van der Waals surface area contributed by atoms with E-state index in [9.17, 15) is 26.4 Å². The van der Waals surface area contributed by atoms with Crippen molar-refractivity contribution in [3.63, 3.8) is 0 Å². The number of amides is 1. The second-order valence-corrected chi connectivity index (χ2v) is 7.74. The predicted octanol–water partition coefficient (Wildman–Crippen LogP) is 3.13.